The van der Waals surface area contributed by atoms with E-state index in [1.54, 1.807) is 20.8 Å². The Morgan fingerprint density at radius 3 is 1.82 bits per heavy atom. The molecule has 0 aromatic heterocycles. The molecule has 0 saturated carbocycles. The van der Waals surface area contributed by atoms with Crippen molar-refractivity contribution in [2.24, 2.45) is 5.41 Å². The van der Waals surface area contributed by atoms with Crippen molar-refractivity contribution >= 4 is 9.84 Å². The zero-order chi connectivity index (χ0) is 13.9. The van der Waals surface area contributed by atoms with Crippen molar-refractivity contribution in [2.75, 3.05) is 12.8 Å². The molecule has 0 fully saturated rings. The minimum Gasteiger partial charge on any atom is -0.316 e. The third-order valence-electron chi connectivity index (χ3n) is 3.23. The van der Waals surface area contributed by atoms with E-state index in [0.29, 0.717) is 6.04 Å². The molecule has 1 atom stereocenters. The molecule has 17 heavy (non-hydrogen) atoms. The topological polar surface area (TPSA) is 46.2 Å². The van der Waals surface area contributed by atoms with Crippen molar-refractivity contribution in [1.82, 2.24) is 5.32 Å². The molecule has 0 radical (unpaired) electrons. The van der Waals surface area contributed by atoms with Crippen LogP contribution in [0.3, 0.4) is 0 Å². The summed E-state index contributed by atoms with van der Waals surface area (Å²) in [5, 5.41) is 3.27. The maximum absolute atomic E-state index is 12.0. The summed E-state index contributed by atoms with van der Waals surface area (Å²) in [5.74, 6) is 0.282. The van der Waals surface area contributed by atoms with Crippen LogP contribution in [0.5, 0.6) is 0 Å². The Kier molecular flexibility index (Phi) is 5.67. The van der Waals surface area contributed by atoms with Gasteiger partial charge in [0.2, 0.25) is 0 Å². The highest BCUT2D eigenvalue weighted by molar-refractivity contribution is 7.92. The lowest BCUT2D eigenvalue weighted by Crippen LogP contribution is -2.38. The fourth-order valence-electron chi connectivity index (χ4n) is 1.79. The summed E-state index contributed by atoms with van der Waals surface area (Å²) >= 11 is 0. The fourth-order valence-corrected chi connectivity index (χ4v) is 2.95. The van der Waals surface area contributed by atoms with Crippen molar-refractivity contribution in [2.45, 2.75) is 65.2 Å². The van der Waals surface area contributed by atoms with Crippen LogP contribution in [-0.4, -0.2) is 32.0 Å². The van der Waals surface area contributed by atoms with E-state index in [0.717, 1.165) is 12.8 Å². The maximum atomic E-state index is 12.0. The van der Waals surface area contributed by atoms with Gasteiger partial charge in [0.15, 0.2) is 9.84 Å². The van der Waals surface area contributed by atoms with Gasteiger partial charge in [-0.15, -0.1) is 0 Å². The first kappa shape index (κ1) is 16.9. The van der Waals surface area contributed by atoms with Crippen LogP contribution in [0, 0.1) is 5.41 Å². The van der Waals surface area contributed by atoms with Crippen LogP contribution in [0.15, 0.2) is 0 Å². The largest absolute Gasteiger partial charge is 0.316 e. The number of hydrogen-bond acceptors (Lipinski definition) is 3. The summed E-state index contributed by atoms with van der Waals surface area (Å²) in [7, 11) is -1.04. The first-order valence-electron chi connectivity index (χ1n) is 6.31. The summed E-state index contributed by atoms with van der Waals surface area (Å²) in [4.78, 5) is 0. The maximum Gasteiger partial charge on any atom is 0.155 e. The van der Waals surface area contributed by atoms with E-state index in [2.05, 4.69) is 26.1 Å². The quantitative estimate of drug-likeness (QED) is 0.829. The lowest BCUT2D eigenvalue weighted by Gasteiger charge is -2.30. The summed E-state index contributed by atoms with van der Waals surface area (Å²) < 4.78 is 23.3. The Bertz CT molecular complexity index is 320. The predicted octanol–water partition coefficient (Wildman–Crippen LogP) is 2.61. The fraction of sp³-hybridized carbons (Fsp3) is 1.00. The van der Waals surface area contributed by atoms with Crippen molar-refractivity contribution in [3.8, 4) is 0 Å². The van der Waals surface area contributed by atoms with Gasteiger partial charge in [0.25, 0.3) is 0 Å². The molecule has 0 spiro atoms. The Morgan fingerprint density at radius 1 is 1.06 bits per heavy atom. The minimum absolute atomic E-state index is 0.167. The second-order valence-corrected chi connectivity index (χ2v) is 9.64. The van der Waals surface area contributed by atoms with Crippen LogP contribution < -0.4 is 5.32 Å². The van der Waals surface area contributed by atoms with E-state index in [-0.39, 0.29) is 11.2 Å². The second kappa shape index (κ2) is 5.70. The monoisotopic (exact) mass is 263 g/mol. The molecule has 1 N–H and O–H groups in total. The molecule has 0 aliphatic carbocycles. The van der Waals surface area contributed by atoms with E-state index in [1.165, 1.54) is 0 Å². The van der Waals surface area contributed by atoms with Gasteiger partial charge >= 0.3 is 0 Å². The van der Waals surface area contributed by atoms with Crippen LogP contribution in [0.1, 0.15) is 54.4 Å². The van der Waals surface area contributed by atoms with Crippen LogP contribution in [0.25, 0.3) is 0 Å². The molecule has 0 heterocycles. The Morgan fingerprint density at radius 2 is 1.53 bits per heavy atom. The van der Waals surface area contributed by atoms with Gasteiger partial charge in [-0.3, -0.25) is 0 Å². The molecule has 0 aliphatic rings. The molecule has 0 aromatic carbocycles. The molecular weight excluding hydrogens is 234 g/mol. The number of hydrogen-bond donors (Lipinski definition) is 1. The molecular formula is C13H29NO2S. The van der Waals surface area contributed by atoms with Gasteiger partial charge in [-0.2, -0.15) is 0 Å². The molecule has 0 amide bonds. The number of nitrogens with one attached hydrogen (secondary N) is 1. The lowest BCUT2D eigenvalue weighted by molar-refractivity contribution is 0.266. The Labute approximate surface area is 107 Å². The smallest absolute Gasteiger partial charge is 0.155 e. The van der Waals surface area contributed by atoms with Crippen LogP contribution in [-0.2, 0) is 9.84 Å². The summed E-state index contributed by atoms with van der Waals surface area (Å²) in [5.41, 5.74) is 0.167. The molecule has 0 aromatic rings. The third-order valence-corrected chi connectivity index (χ3v) is 5.92. The first-order valence-corrected chi connectivity index (χ1v) is 7.96. The second-order valence-electron chi connectivity index (χ2n) is 6.78. The molecule has 0 saturated heterocycles. The van der Waals surface area contributed by atoms with E-state index in [4.69, 9.17) is 0 Å². The Hall–Kier alpha value is -0.0900. The van der Waals surface area contributed by atoms with Gasteiger partial charge in [0.05, 0.1) is 10.5 Å². The highest BCUT2D eigenvalue weighted by atomic mass is 32.2. The highest BCUT2D eigenvalue weighted by Gasteiger charge is 2.29. The number of sulfone groups is 1. The van der Waals surface area contributed by atoms with Gasteiger partial charge in [0.1, 0.15) is 0 Å². The zero-order valence-corrected chi connectivity index (χ0v) is 13.2. The molecule has 1 unspecified atom stereocenters. The minimum atomic E-state index is -2.97. The van der Waals surface area contributed by atoms with Gasteiger partial charge in [-0.05, 0) is 46.1 Å². The van der Waals surface area contributed by atoms with Crippen molar-refractivity contribution < 1.29 is 8.42 Å². The van der Waals surface area contributed by atoms with Gasteiger partial charge in [-0.25, -0.2) is 8.42 Å². The number of rotatable bonds is 5. The zero-order valence-electron chi connectivity index (χ0n) is 12.4. The first-order chi connectivity index (χ1) is 7.42. The molecule has 0 aliphatic heterocycles. The van der Waals surface area contributed by atoms with Crippen molar-refractivity contribution in [1.29, 1.82) is 0 Å². The van der Waals surface area contributed by atoms with Gasteiger partial charge < -0.3 is 5.32 Å². The van der Waals surface area contributed by atoms with E-state index in [9.17, 15) is 8.42 Å². The van der Waals surface area contributed by atoms with E-state index in [1.807, 2.05) is 7.05 Å². The SMILES string of the molecule is CNC(CCCS(=O)(=O)C(C)(C)C)C(C)(C)C. The summed E-state index contributed by atoms with van der Waals surface area (Å²) in [6, 6.07) is 0.359. The Balaban J connectivity index is 4.34. The average molecular weight is 263 g/mol. The van der Waals surface area contributed by atoms with E-state index < -0.39 is 14.6 Å². The van der Waals surface area contributed by atoms with Crippen molar-refractivity contribution in [3.05, 3.63) is 0 Å². The van der Waals surface area contributed by atoms with Crippen molar-refractivity contribution in [3.63, 3.8) is 0 Å². The summed E-state index contributed by atoms with van der Waals surface area (Å²) in [6.07, 6.45) is 1.62. The molecule has 3 nitrogen and oxygen atoms in total. The average Bonchev–Trinajstić information content (AvgIpc) is 2.08. The van der Waals surface area contributed by atoms with Gasteiger partial charge in [0, 0.05) is 6.04 Å². The van der Waals surface area contributed by atoms with Crippen LogP contribution in [0.2, 0.25) is 0 Å². The summed E-state index contributed by atoms with van der Waals surface area (Å²) in [6.45, 7) is 11.8. The molecule has 0 bridgehead atoms. The highest BCUT2D eigenvalue weighted by Crippen LogP contribution is 2.24. The molecule has 0 rings (SSSR count). The molecule has 4 heteroatoms. The normalized spacial score (nSPS) is 15.9. The van der Waals surface area contributed by atoms with Crippen LogP contribution >= 0.6 is 0 Å². The third kappa shape index (κ3) is 5.38. The molecule has 104 valence electrons. The standard InChI is InChI=1S/C13H29NO2S/c1-12(2,3)11(14-7)9-8-10-17(15,16)13(4,5)6/h11,14H,8-10H2,1-7H3. The predicted molar refractivity (Wildman–Crippen MR) is 75.1 cm³/mol. The van der Waals surface area contributed by atoms with E-state index >= 15 is 0 Å². The van der Waals surface area contributed by atoms with Gasteiger partial charge in [-0.1, -0.05) is 20.8 Å². The lowest BCUT2D eigenvalue weighted by atomic mass is 9.84. The van der Waals surface area contributed by atoms with Crippen LogP contribution in [0.4, 0.5) is 0 Å².